The Morgan fingerprint density at radius 1 is 0.828 bits per heavy atom. The van der Waals surface area contributed by atoms with E-state index in [-0.39, 0.29) is 0 Å². The van der Waals surface area contributed by atoms with Crippen LogP contribution in [0.3, 0.4) is 0 Å². The highest BCUT2D eigenvalue weighted by molar-refractivity contribution is 7.92. The molecule has 0 aliphatic rings. The zero-order valence-corrected chi connectivity index (χ0v) is 18.4. The van der Waals surface area contributed by atoms with E-state index in [0.29, 0.717) is 30.3 Å². The summed E-state index contributed by atoms with van der Waals surface area (Å²) in [6, 6.07) is 12.2. The molecule has 0 fully saturated rings. The number of hydrogen-bond donors (Lipinski definition) is 3. The van der Waals surface area contributed by atoms with Crippen LogP contribution in [0, 0.1) is 6.92 Å². The first-order valence-electron chi connectivity index (χ1n) is 9.00. The molecule has 160 valence electrons. The predicted octanol–water partition coefficient (Wildman–Crippen LogP) is 1.95. The Hall–Kier alpha value is -2.30. The summed E-state index contributed by atoms with van der Waals surface area (Å²) in [6.07, 6.45) is 3.05. The molecule has 0 atom stereocenters. The standard InChI is InChI=1S/C19H27N3O5S2/c1-15-14-18(22-29(3,25)26)5-4-16(15)10-11-20-12-13-27-19-8-6-17(7-9-19)21-28(2,23)24/h4-9,14,20-22H,10-13H2,1-3H3. The van der Waals surface area contributed by atoms with Crippen molar-refractivity contribution in [1.29, 1.82) is 0 Å². The van der Waals surface area contributed by atoms with Gasteiger partial charge in [-0.3, -0.25) is 9.44 Å². The molecule has 29 heavy (non-hydrogen) atoms. The van der Waals surface area contributed by atoms with Crippen molar-refractivity contribution >= 4 is 31.4 Å². The van der Waals surface area contributed by atoms with Crippen molar-refractivity contribution in [2.75, 3.05) is 41.7 Å². The van der Waals surface area contributed by atoms with Crippen molar-refractivity contribution in [2.24, 2.45) is 0 Å². The van der Waals surface area contributed by atoms with E-state index >= 15 is 0 Å². The summed E-state index contributed by atoms with van der Waals surface area (Å²) in [6.45, 7) is 3.86. The molecule has 0 unspecified atom stereocenters. The van der Waals surface area contributed by atoms with Gasteiger partial charge in [0.05, 0.1) is 12.5 Å². The van der Waals surface area contributed by atoms with Crippen LogP contribution in [-0.4, -0.2) is 49.0 Å². The minimum Gasteiger partial charge on any atom is -0.492 e. The van der Waals surface area contributed by atoms with Gasteiger partial charge in [-0.1, -0.05) is 6.07 Å². The topological polar surface area (TPSA) is 114 Å². The molecule has 0 aromatic heterocycles. The molecule has 0 spiro atoms. The average molecular weight is 442 g/mol. The number of benzene rings is 2. The first-order chi connectivity index (χ1) is 13.5. The third kappa shape index (κ3) is 9.16. The van der Waals surface area contributed by atoms with E-state index in [1.807, 2.05) is 19.1 Å². The van der Waals surface area contributed by atoms with Crippen LogP contribution >= 0.6 is 0 Å². The lowest BCUT2D eigenvalue weighted by atomic mass is 10.1. The molecule has 0 radical (unpaired) electrons. The SMILES string of the molecule is Cc1cc(NS(C)(=O)=O)ccc1CCNCCOc1ccc(NS(C)(=O)=O)cc1. The summed E-state index contributed by atoms with van der Waals surface area (Å²) in [5.74, 6) is 0.663. The van der Waals surface area contributed by atoms with Crippen LogP contribution in [0.15, 0.2) is 42.5 Å². The third-order valence-electron chi connectivity index (χ3n) is 3.92. The highest BCUT2D eigenvalue weighted by atomic mass is 32.2. The molecule has 3 N–H and O–H groups in total. The first kappa shape index (κ1) is 23.0. The van der Waals surface area contributed by atoms with Gasteiger partial charge in [-0.05, 0) is 67.4 Å². The summed E-state index contributed by atoms with van der Waals surface area (Å²) in [5, 5.41) is 3.30. The molecular weight excluding hydrogens is 414 g/mol. The lowest BCUT2D eigenvalue weighted by Crippen LogP contribution is -2.23. The van der Waals surface area contributed by atoms with Gasteiger partial charge in [-0.2, -0.15) is 0 Å². The van der Waals surface area contributed by atoms with Gasteiger partial charge in [0.25, 0.3) is 0 Å². The maximum absolute atomic E-state index is 11.3. The lowest BCUT2D eigenvalue weighted by Gasteiger charge is -2.11. The van der Waals surface area contributed by atoms with E-state index in [1.54, 1.807) is 30.3 Å². The second kappa shape index (κ2) is 9.95. The number of aryl methyl sites for hydroxylation is 1. The monoisotopic (exact) mass is 441 g/mol. The highest BCUT2D eigenvalue weighted by Crippen LogP contribution is 2.17. The Bertz CT molecular complexity index is 1020. The van der Waals surface area contributed by atoms with Gasteiger partial charge < -0.3 is 10.1 Å². The number of ether oxygens (including phenoxy) is 1. The van der Waals surface area contributed by atoms with Crippen LogP contribution in [0.1, 0.15) is 11.1 Å². The van der Waals surface area contributed by atoms with Gasteiger partial charge in [0, 0.05) is 17.9 Å². The van der Waals surface area contributed by atoms with E-state index in [9.17, 15) is 16.8 Å². The maximum Gasteiger partial charge on any atom is 0.229 e. The predicted molar refractivity (Wildman–Crippen MR) is 117 cm³/mol. The molecule has 0 saturated carbocycles. The van der Waals surface area contributed by atoms with Crippen molar-refractivity contribution in [3.05, 3.63) is 53.6 Å². The van der Waals surface area contributed by atoms with Crippen LogP contribution in [0.25, 0.3) is 0 Å². The molecule has 8 nitrogen and oxygen atoms in total. The molecule has 0 amide bonds. The Morgan fingerprint density at radius 3 is 2.00 bits per heavy atom. The molecular formula is C19H27N3O5S2. The molecule has 0 aliphatic carbocycles. The van der Waals surface area contributed by atoms with E-state index in [0.717, 1.165) is 36.6 Å². The molecule has 2 rings (SSSR count). The minimum absolute atomic E-state index is 0.481. The zero-order chi connectivity index (χ0) is 21.5. The van der Waals surface area contributed by atoms with Crippen molar-refractivity contribution in [3.8, 4) is 5.75 Å². The normalized spacial score (nSPS) is 11.8. The average Bonchev–Trinajstić information content (AvgIpc) is 2.58. The van der Waals surface area contributed by atoms with Crippen LogP contribution in [0.2, 0.25) is 0 Å². The molecule has 0 heterocycles. The largest absolute Gasteiger partial charge is 0.492 e. The summed E-state index contributed by atoms with van der Waals surface area (Å²) in [7, 11) is -6.56. The van der Waals surface area contributed by atoms with Crippen molar-refractivity contribution < 1.29 is 21.6 Å². The fourth-order valence-corrected chi connectivity index (χ4v) is 3.80. The Kier molecular flexibility index (Phi) is 7.88. The Labute approximate surface area is 172 Å². The Balaban J connectivity index is 1.69. The molecule has 0 saturated heterocycles. The minimum atomic E-state index is -3.29. The number of sulfonamides is 2. The molecule has 0 aliphatic heterocycles. The highest BCUT2D eigenvalue weighted by Gasteiger charge is 2.05. The van der Waals surface area contributed by atoms with Crippen molar-refractivity contribution in [3.63, 3.8) is 0 Å². The second-order valence-corrected chi connectivity index (χ2v) is 10.3. The number of anilines is 2. The number of rotatable bonds is 11. The second-order valence-electron chi connectivity index (χ2n) is 6.76. The van der Waals surface area contributed by atoms with Gasteiger partial charge in [0.2, 0.25) is 20.0 Å². The third-order valence-corrected chi connectivity index (χ3v) is 5.14. The van der Waals surface area contributed by atoms with E-state index in [2.05, 4.69) is 14.8 Å². The van der Waals surface area contributed by atoms with Crippen molar-refractivity contribution in [2.45, 2.75) is 13.3 Å². The van der Waals surface area contributed by atoms with Crippen LogP contribution < -0.4 is 19.5 Å². The summed E-state index contributed by atoms with van der Waals surface area (Å²) in [4.78, 5) is 0. The molecule has 2 aromatic rings. The fourth-order valence-electron chi connectivity index (χ4n) is 2.68. The smallest absolute Gasteiger partial charge is 0.229 e. The van der Waals surface area contributed by atoms with E-state index in [1.165, 1.54) is 0 Å². The maximum atomic E-state index is 11.3. The zero-order valence-electron chi connectivity index (χ0n) is 16.7. The first-order valence-corrected chi connectivity index (χ1v) is 12.8. The number of nitrogens with one attached hydrogen (secondary N) is 3. The summed E-state index contributed by atoms with van der Waals surface area (Å²) < 4.78 is 55.4. The lowest BCUT2D eigenvalue weighted by molar-refractivity contribution is 0.314. The van der Waals surface area contributed by atoms with Crippen LogP contribution in [0.5, 0.6) is 5.75 Å². The number of hydrogen-bond acceptors (Lipinski definition) is 6. The fraction of sp³-hybridized carbons (Fsp3) is 0.368. The van der Waals surface area contributed by atoms with Crippen LogP contribution in [-0.2, 0) is 26.5 Å². The van der Waals surface area contributed by atoms with E-state index < -0.39 is 20.0 Å². The van der Waals surface area contributed by atoms with Gasteiger partial charge in [0.1, 0.15) is 12.4 Å². The molecule has 10 heteroatoms. The Morgan fingerprint density at radius 2 is 1.41 bits per heavy atom. The van der Waals surface area contributed by atoms with Gasteiger partial charge >= 0.3 is 0 Å². The van der Waals surface area contributed by atoms with Crippen molar-refractivity contribution in [1.82, 2.24) is 5.32 Å². The summed E-state index contributed by atoms with van der Waals surface area (Å²) in [5.41, 5.74) is 3.23. The van der Waals surface area contributed by atoms with Gasteiger partial charge in [0.15, 0.2) is 0 Å². The molecule has 2 aromatic carbocycles. The molecule has 0 bridgehead atoms. The summed E-state index contributed by atoms with van der Waals surface area (Å²) >= 11 is 0. The van der Waals surface area contributed by atoms with E-state index in [4.69, 9.17) is 4.74 Å². The quantitative estimate of drug-likeness (QED) is 0.459. The van der Waals surface area contributed by atoms with Gasteiger partial charge in [-0.15, -0.1) is 0 Å². The van der Waals surface area contributed by atoms with Gasteiger partial charge in [-0.25, -0.2) is 16.8 Å². The van der Waals surface area contributed by atoms with Crippen LogP contribution in [0.4, 0.5) is 11.4 Å².